The second-order valence-corrected chi connectivity index (χ2v) is 8.60. The van der Waals surface area contributed by atoms with E-state index in [1.165, 1.54) is 18.6 Å². The fourth-order valence-corrected chi connectivity index (χ4v) is 3.83. The van der Waals surface area contributed by atoms with Crippen LogP contribution < -0.4 is 10.9 Å². The molecule has 0 aliphatic rings. The lowest BCUT2D eigenvalue weighted by atomic mass is 10.1. The van der Waals surface area contributed by atoms with E-state index in [0.717, 1.165) is 28.8 Å². The molecule has 182 valence electrons. The molecule has 0 saturated heterocycles. The fraction of sp³-hybridized carbons (Fsp3) is 0.400. The van der Waals surface area contributed by atoms with Gasteiger partial charge in [0.25, 0.3) is 5.56 Å². The molecule has 1 aromatic heterocycles. The minimum absolute atomic E-state index is 0.0252. The topological polar surface area (TPSA) is 67.2 Å². The van der Waals surface area contributed by atoms with Crippen molar-refractivity contribution in [1.82, 2.24) is 19.8 Å². The van der Waals surface area contributed by atoms with E-state index < -0.39 is 29.4 Å². The van der Waals surface area contributed by atoms with Gasteiger partial charge in [0.1, 0.15) is 6.04 Å². The molecule has 0 radical (unpaired) electrons. The average Bonchev–Trinajstić information content (AvgIpc) is 2.77. The molecular weight excluding hydrogens is 445 g/mol. The van der Waals surface area contributed by atoms with E-state index in [4.69, 9.17) is 0 Å². The van der Waals surface area contributed by atoms with Gasteiger partial charge in [0, 0.05) is 13.1 Å². The van der Waals surface area contributed by atoms with Crippen LogP contribution in [0.25, 0.3) is 11.0 Å². The van der Waals surface area contributed by atoms with Crippen LogP contribution in [0.3, 0.4) is 0 Å². The number of nitrogens with one attached hydrogen (secondary N) is 1. The first-order valence-corrected chi connectivity index (χ1v) is 11.1. The number of alkyl halides is 3. The molecule has 0 spiro atoms. The standard InChI is InChI=1S/C25H29F3N4O2/c1-16-13-20-21(14-17(16)2)32(24(34)22(30-20)25(26,27)28)18(3)23(33)29-11-8-12-31(4)15-19-9-6-5-7-10-19/h5-7,9-10,13-14,18H,8,11-12,15H2,1-4H3,(H,29,33)/t18-/m1/s1. The highest BCUT2D eigenvalue weighted by molar-refractivity contribution is 5.84. The van der Waals surface area contributed by atoms with E-state index in [2.05, 4.69) is 15.2 Å². The number of nitrogens with zero attached hydrogens (tertiary/aromatic N) is 3. The van der Waals surface area contributed by atoms with Gasteiger partial charge in [-0.3, -0.25) is 14.2 Å². The SMILES string of the molecule is Cc1cc2nc(C(F)(F)F)c(=O)n([C@H](C)C(=O)NCCCN(C)Cc3ccccc3)c2cc1C. The highest BCUT2D eigenvalue weighted by atomic mass is 19.4. The van der Waals surface area contributed by atoms with Crippen LogP contribution >= 0.6 is 0 Å². The molecule has 3 aromatic rings. The van der Waals surface area contributed by atoms with Crippen LogP contribution in [0.1, 0.15) is 41.8 Å². The molecule has 0 fully saturated rings. The van der Waals surface area contributed by atoms with Gasteiger partial charge in [-0.2, -0.15) is 13.2 Å². The largest absolute Gasteiger partial charge is 0.438 e. The molecule has 2 aromatic carbocycles. The molecule has 0 unspecified atom stereocenters. The first-order valence-electron chi connectivity index (χ1n) is 11.1. The summed E-state index contributed by atoms with van der Waals surface area (Å²) in [7, 11) is 1.98. The minimum Gasteiger partial charge on any atom is -0.354 e. The summed E-state index contributed by atoms with van der Waals surface area (Å²) in [6.45, 7) is 6.79. The van der Waals surface area contributed by atoms with Gasteiger partial charge >= 0.3 is 6.18 Å². The average molecular weight is 475 g/mol. The third kappa shape index (κ3) is 5.83. The molecular formula is C25H29F3N4O2. The number of rotatable bonds is 8. The zero-order valence-corrected chi connectivity index (χ0v) is 19.7. The van der Waals surface area contributed by atoms with E-state index in [0.29, 0.717) is 13.0 Å². The van der Waals surface area contributed by atoms with Crippen LogP contribution in [0.2, 0.25) is 0 Å². The van der Waals surface area contributed by atoms with Gasteiger partial charge < -0.3 is 10.2 Å². The lowest BCUT2D eigenvalue weighted by Crippen LogP contribution is -2.39. The predicted molar refractivity (Wildman–Crippen MR) is 126 cm³/mol. The molecule has 0 saturated carbocycles. The van der Waals surface area contributed by atoms with E-state index in [1.54, 1.807) is 19.9 Å². The molecule has 1 N–H and O–H groups in total. The summed E-state index contributed by atoms with van der Waals surface area (Å²) in [4.78, 5) is 31.3. The summed E-state index contributed by atoms with van der Waals surface area (Å²) in [6.07, 6.45) is -4.27. The highest BCUT2D eigenvalue weighted by Crippen LogP contribution is 2.28. The van der Waals surface area contributed by atoms with Crippen LogP contribution in [0.5, 0.6) is 0 Å². The summed E-state index contributed by atoms with van der Waals surface area (Å²) >= 11 is 0. The number of hydrogen-bond acceptors (Lipinski definition) is 4. The summed E-state index contributed by atoms with van der Waals surface area (Å²) in [5.74, 6) is -0.522. The van der Waals surface area contributed by atoms with E-state index in [1.807, 2.05) is 37.4 Å². The van der Waals surface area contributed by atoms with Crippen LogP contribution in [-0.2, 0) is 17.5 Å². The first kappa shape index (κ1) is 25.4. The van der Waals surface area contributed by atoms with Gasteiger partial charge in [0.2, 0.25) is 11.6 Å². The second kappa shape index (κ2) is 10.4. The van der Waals surface area contributed by atoms with Crippen molar-refractivity contribution in [3.8, 4) is 0 Å². The van der Waals surface area contributed by atoms with Crippen molar-refractivity contribution in [1.29, 1.82) is 0 Å². The normalized spacial score (nSPS) is 12.8. The minimum atomic E-state index is -4.93. The van der Waals surface area contributed by atoms with Gasteiger partial charge in [-0.1, -0.05) is 30.3 Å². The monoisotopic (exact) mass is 474 g/mol. The Balaban J connectivity index is 1.74. The smallest absolute Gasteiger partial charge is 0.354 e. The highest BCUT2D eigenvalue weighted by Gasteiger charge is 2.38. The Labute approximate surface area is 196 Å². The van der Waals surface area contributed by atoms with Crippen molar-refractivity contribution < 1.29 is 18.0 Å². The first-order chi connectivity index (χ1) is 16.0. The number of carbonyl (C=O) groups excluding carboxylic acids is 1. The second-order valence-electron chi connectivity index (χ2n) is 8.60. The fourth-order valence-electron chi connectivity index (χ4n) is 3.83. The molecule has 1 atom stereocenters. The van der Waals surface area contributed by atoms with Crippen LogP contribution in [0.4, 0.5) is 13.2 Å². The Morgan fingerprint density at radius 2 is 1.79 bits per heavy atom. The molecule has 1 heterocycles. The van der Waals surface area contributed by atoms with Gasteiger partial charge in [-0.15, -0.1) is 0 Å². The molecule has 34 heavy (non-hydrogen) atoms. The Morgan fingerprint density at radius 3 is 2.44 bits per heavy atom. The molecule has 0 bridgehead atoms. The third-order valence-electron chi connectivity index (χ3n) is 5.85. The van der Waals surface area contributed by atoms with Crippen molar-refractivity contribution in [2.45, 2.75) is 46.0 Å². The Kier molecular flexibility index (Phi) is 7.76. The summed E-state index contributed by atoms with van der Waals surface area (Å²) in [6, 6.07) is 11.9. The Morgan fingerprint density at radius 1 is 1.15 bits per heavy atom. The predicted octanol–water partition coefficient (Wildman–Crippen LogP) is 4.23. The molecule has 1 amide bonds. The maximum atomic E-state index is 13.5. The number of halogens is 3. The summed E-state index contributed by atoms with van der Waals surface area (Å²) in [5, 5.41) is 2.75. The molecule has 0 aliphatic carbocycles. The van der Waals surface area contributed by atoms with Gasteiger partial charge in [-0.05, 0) is 69.6 Å². The number of aromatic nitrogens is 2. The van der Waals surface area contributed by atoms with Crippen LogP contribution in [-0.4, -0.2) is 40.5 Å². The summed E-state index contributed by atoms with van der Waals surface area (Å²) < 4.78 is 41.4. The van der Waals surface area contributed by atoms with Crippen LogP contribution in [0, 0.1) is 13.8 Å². The maximum Gasteiger partial charge on any atom is 0.438 e. The van der Waals surface area contributed by atoms with Crippen molar-refractivity contribution in [3.63, 3.8) is 0 Å². The zero-order chi connectivity index (χ0) is 25.0. The lowest BCUT2D eigenvalue weighted by molar-refractivity contribution is -0.142. The number of carbonyl (C=O) groups is 1. The van der Waals surface area contributed by atoms with Gasteiger partial charge in [0.15, 0.2) is 0 Å². The van der Waals surface area contributed by atoms with Crippen molar-refractivity contribution in [2.24, 2.45) is 0 Å². The third-order valence-corrected chi connectivity index (χ3v) is 5.85. The van der Waals surface area contributed by atoms with Gasteiger partial charge in [0.05, 0.1) is 11.0 Å². The number of benzene rings is 2. The van der Waals surface area contributed by atoms with Crippen molar-refractivity contribution >= 4 is 16.9 Å². The number of fused-ring (bicyclic) bond motifs is 1. The Bertz CT molecular complexity index is 1220. The van der Waals surface area contributed by atoms with E-state index >= 15 is 0 Å². The maximum absolute atomic E-state index is 13.5. The molecule has 0 aliphatic heterocycles. The molecule has 3 rings (SSSR count). The van der Waals surface area contributed by atoms with E-state index in [9.17, 15) is 22.8 Å². The lowest BCUT2D eigenvalue weighted by Gasteiger charge is -2.21. The van der Waals surface area contributed by atoms with Crippen LogP contribution in [0.15, 0.2) is 47.3 Å². The number of aryl methyl sites for hydroxylation is 2. The zero-order valence-electron chi connectivity index (χ0n) is 19.7. The van der Waals surface area contributed by atoms with E-state index in [-0.39, 0.29) is 11.0 Å². The van der Waals surface area contributed by atoms with Crippen molar-refractivity contribution in [3.05, 3.63) is 75.2 Å². The number of amides is 1. The number of hydrogen-bond donors (Lipinski definition) is 1. The Hall–Kier alpha value is -3.20. The molecule has 9 heteroatoms. The quantitative estimate of drug-likeness (QED) is 0.496. The van der Waals surface area contributed by atoms with Crippen molar-refractivity contribution in [2.75, 3.05) is 20.1 Å². The summed E-state index contributed by atoms with van der Waals surface area (Å²) in [5.41, 5.74) is 0.0893. The van der Waals surface area contributed by atoms with Gasteiger partial charge in [-0.25, -0.2) is 4.98 Å². The molecule has 6 nitrogen and oxygen atoms in total.